The van der Waals surface area contributed by atoms with Gasteiger partial charge in [-0.25, -0.2) is 4.99 Å². The molecule has 5 heteroatoms. The van der Waals surface area contributed by atoms with Gasteiger partial charge in [0.1, 0.15) is 10.7 Å². The van der Waals surface area contributed by atoms with Gasteiger partial charge in [0.15, 0.2) is 5.66 Å². The number of anilines is 2. The first-order chi connectivity index (χ1) is 9.98. The second-order valence-corrected chi connectivity index (χ2v) is 5.64. The average Bonchev–Trinajstić information content (AvgIpc) is 2.77. The zero-order valence-electron chi connectivity index (χ0n) is 11.6. The van der Waals surface area contributed by atoms with Crippen LogP contribution < -0.4 is 16.8 Å². The summed E-state index contributed by atoms with van der Waals surface area (Å²) < 4.78 is 0. The molecule has 5 N–H and O–H groups in total. The van der Waals surface area contributed by atoms with E-state index in [0.717, 1.165) is 28.2 Å². The van der Waals surface area contributed by atoms with Gasteiger partial charge < -0.3 is 16.8 Å². The molecule has 0 amide bonds. The monoisotopic (exact) mass is 296 g/mol. The Morgan fingerprint density at radius 1 is 0.952 bits per heavy atom. The van der Waals surface area contributed by atoms with Crippen molar-refractivity contribution in [2.45, 2.75) is 12.6 Å². The predicted molar refractivity (Wildman–Crippen MR) is 91.3 cm³/mol. The van der Waals surface area contributed by atoms with Crippen LogP contribution in [0.2, 0.25) is 0 Å². The Hall–Kier alpha value is -2.40. The van der Waals surface area contributed by atoms with Gasteiger partial charge in [0.2, 0.25) is 0 Å². The molecule has 1 aliphatic rings. The smallest absolute Gasteiger partial charge is 0.154 e. The van der Waals surface area contributed by atoms with Crippen LogP contribution in [-0.4, -0.2) is 10.7 Å². The summed E-state index contributed by atoms with van der Waals surface area (Å²) in [6, 6.07) is 15.2. The number of rotatable bonds is 2. The van der Waals surface area contributed by atoms with Crippen molar-refractivity contribution in [3.63, 3.8) is 0 Å². The second-order valence-electron chi connectivity index (χ2n) is 5.23. The molecule has 2 aromatic rings. The van der Waals surface area contributed by atoms with Gasteiger partial charge in [-0.05, 0) is 36.8 Å². The van der Waals surface area contributed by atoms with Crippen molar-refractivity contribution in [2.24, 2.45) is 4.99 Å². The molecule has 0 fully saturated rings. The number of benzene rings is 2. The lowest BCUT2D eigenvalue weighted by molar-refractivity contribution is 0.480. The molecule has 0 saturated heterocycles. The molecule has 3 rings (SSSR count). The van der Waals surface area contributed by atoms with Crippen LogP contribution in [-0.2, 0) is 5.66 Å². The van der Waals surface area contributed by atoms with Crippen molar-refractivity contribution < 1.29 is 0 Å². The number of aliphatic imine (C=N–C) groups is 1. The fourth-order valence-electron chi connectivity index (χ4n) is 2.36. The first-order valence-corrected chi connectivity index (χ1v) is 7.03. The van der Waals surface area contributed by atoms with Crippen molar-refractivity contribution in [2.75, 3.05) is 11.5 Å². The van der Waals surface area contributed by atoms with Crippen LogP contribution in [0.4, 0.5) is 11.4 Å². The minimum absolute atomic E-state index is 0.568. The molecule has 106 valence electrons. The molecule has 0 spiro atoms. The second kappa shape index (κ2) is 4.86. The third-order valence-corrected chi connectivity index (χ3v) is 3.86. The van der Waals surface area contributed by atoms with Gasteiger partial charge in [-0.15, -0.1) is 0 Å². The van der Waals surface area contributed by atoms with E-state index in [9.17, 15) is 0 Å². The van der Waals surface area contributed by atoms with E-state index < -0.39 is 5.66 Å². The maximum Gasteiger partial charge on any atom is 0.154 e. The molecule has 1 aliphatic heterocycles. The normalized spacial score (nSPS) is 21.0. The maximum absolute atomic E-state index is 5.73. The van der Waals surface area contributed by atoms with Crippen LogP contribution in [0.25, 0.3) is 0 Å². The van der Waals surface area contributed by atoms with Gasteiger partial charge in [-0.3, -0.25) is 0 Å². The average molecular weight is 296 g/mol. The number of hydrogen-bond acceptors (Lipinski definition) is 4. The number of nitrogens with two attached hydrogens (primary N) is 2. The summed E-state index contributed by atoms with van der Waals surface area (Å²) in [5.41, 5.74) is 15.1. The molecular formula is C16H16N4S. The van der Waals surface area contributed by atoms with E-state index in [0.29, 0.717) is 4.99 Å². The minimum Gasteiger partial charge on any atom is -0.399 e. The SMILES string of the molecule is CC1(c2ccc(N)cc2)N=C(c2ccc(N)cc2)C(=S)N1. The summed E-state index contributed by atoms with van der Waals surface area (Å²) in [6.07, 6.45) is 0. The largest absolute Gasteiger partial charge is 0.399 e. The maximum atomic E-state index is 5.73. The molecule has 1 heterocycles. The highest BCUT2D eigenvalue weighted by atomic mass is 32.1. The van der Waals surface area contributed by atoms with E-state index in [4.69, 9.17) is 28.7 Å². The van der Waals surface area contributed by atoms with Crippen LogP contribution in [0.5, 0.6) is 0 Å². The van der Waals surface area contributed by atoms with E-state index in [1.54, 1.807) is 0 Å². The number of thiocarbonyl (C=S) groups is 1. The fraction of sp³-hybridized carbons (Fsp3) is 0.125. The molecule has 2 aromatic carbocycles. The first-order valence-electron chi connectivity index (χ1n) is 6.62. The van der Waals surface area contributed by atoms with Gasteiger partial charge in [0, 0.05) is 16.9 Å². The Morgan fingerprint density at radius 3 is 2.05 bits per heavy atom. The van der Waals surface area contributed by atoms with Gasteiger partial charge in [0.25, 0.3) is 0 Å². The molecule has 4 nitrogen and oxygen atoms in total. The molecule has 0 saturated carbocycles. The Kier molecular flexibility index (Phi) is 3.14. The van der Waals surface area contributed by atoms with E-state index in [1.165, 1.54) is 0 Å². The van der Waals surface area contributed by atoms with Crippen LogP contribution in [0.15, 0.2) is 53.5 Å². The summed E-state index contributed by atoms with van der Waals surface area (Å²) in [6.45, 7) is 2.00. The van der Waals surface area contributed by atoms with Crippen LogP contribution in [0.3, 0.4) is 0 Å². The summed E-state index contributed by atoms with van der Waals surface area (Å²) in [5.74, 6) is 0. The molecule has 0 aromatic heterocycles. The summed E-state index contributed by atoms with van der Waals surface area (Å²) in [7, 11) is 0. The number of nitrogen functional groups attached to an aromatic ring is 2. The highest BCUT2D eigenvalue weighted by molar-refractivity contribution is 7.82. The first kappa shape index (κ1) is 13.6. The lowest BCUT2D eigenvalue weighted by Gasteiger charge is -2.22. The molecular weight excluding hydrogens is 280 g/mol. The molecule has 1 unspecified atom stereocenters. The zero-order valence-corrected chi connectivity index (χ0v) is 12.4. The lowest BCUT2D eigenvalue weighted by Crippen LogP contribution is -2.36. The topological polar surface area (TPSA) is 76.4 Å². The zero-order chi connectivity index (χ0) is 15.0. The third kappa shape index (κ3) is 2.48. The van der Waals surface area contributed by atoms with Crippen LogP contribution >= 0.6 is 12.2 Å². The molecule has 0 aliphatic carbocycles. The number of nitrogens with one attached hydrogen (secondary N) is 1. The Balaban J connectivity index is 2.01. The van der Waals surface area contributed by atoms with Crippen molar-refractivity contribution in [3.05, 3.63) is 59.7 Å². The van der Waals surface area contributed by atoms with Crippen molar-refractivity contribution >= 4 is 34.3 Å². The standard InChI is InChI=1S/C16H16N4S/c1-16(11-4-8-13(18)9-5-11)19-14(15(21)20-16)10-2-6-12(17)7-3-10/h2-9H,17-18H2,1H3,(H,20,21). The Labute approximate surface area is 128 Å². The highest BCUT2D eigenvalue weighted by Gasteiger charge is 2.34. The van der Waals surface area contributed by atoms with Gasteiger partial charge in [0.05, 0.1) is 0 Å². The van der Waals surface area contributed by atoms with E-state index in [1.807, 2.05) is 55.5 Å². The minimum atomic E-state index is -0.568. The summed E-state index contributed by atoms with van der Waals surface area (Å²) in [4.78, 5) is 5.42. The van der Waals surface area contributed by atoms with Gasteiger partial charge in [-0.2, -0.15) is 0 Å². The Morgan fingerprint density at radius 2 is 1.48 bits per heavy atom. The lowest BCUT2D eigenvalue weighted by atomic mass is 10.0. The summed E-state index contributed by atoms with van der Waals surface area (Å²) >= 11 is 5.43. The van der Waals surface area contributed by atoms with Crippen molar-refractivity contribution in [1.82, 2.24) is 5.32 Å². The van der Waals surface area contributed by atoms with Gasteiger partial charge >= 0.3 is 0 Å². The van der Waals surface area contributed by atoms with Crippen LogP contribution in [0, 0.1) is 0 Å². The fourth-order valence-corrected chi connectivity index (χ4v) is 2.73. The molecule has 0 radical (unpaired) electrons. The number of hydrogen-bond donors (Lipinski definition) is 3. The Bertz CT molecular complexity index is 719. The predicted octanol–water partition coefficient (Wildman–Crippen LogP) is 2.44. The third-order valence-electron chi connectivity index (χ3n) is 3.56. The molecule has 1 atom stereocenters. The van der Waals surface area contributed by atoms with Crippen molar-refractivity contribution in [3.8, 4) is 0 Å². The quantitative estimate of drug-likeness (QED) is 0.587. The highest BCUT2D eigenvalue weighted by Crippen LogP contribution is 2.29. The molecule has 21 heavy (non-hydrogen) atoms. The van der Waals surface area contributed by atoms with E-state index >= 15 is 0 Å². The van der Waals surface area contributed by atoms with E-state index in [-0.39, 0.29) is 0 Å². The van der Waals surface area contributed by atoms with E-state index in [2.05, 4.69) is 5.32 Å². The number of nitrogens with zero attached hydrogens (tertiary/aromatic N) is 1. The molecule has 0 bridgehead atoms. The van der Waals surface area contributed by atoms with Crippen molar-refractivity contribution in [1.29, 1.82) is 0 Å². The van der Waals surface area contributed by atoms with Gasteiger partial charge in [-0.1, -0.05) is 36.5 Å². The van der Waals surface area contributed by atoms with Crippen LogP contribution in [0.1, 0.15) is 18.1 Å². The summed E-state index contributed by atoms with van der Waals surface area (Å²) in [5, 5.41) is 3.28.